The molecule has 6 nitrogen and oxygen atoms in total. The Morgan fingerprint density at radius 2 is 2.20 bits per heavy atom. The number of benzene rings is 1. The number of nitrogens with one attached hydrogen (secondary N) is 1. The molecule has 0 aliphatic carbocycles. The number of anilines is 1. The van der Waals surface area contributed by atoms with Crippen LogP contribution in [0.2, 0.25) is 0 Å². The summed E-state index contributed by atoms with van der Waals surface area (Å²) < 4.78 is 0. The highest BCUT2D eigenvalue weighted by molar-refractivity contribution is 5.65. The molecule has 3 N–H and O–H groups in total. The fraction of sp³-hybridized carbons (Fsp3) is 0.571. The fourth-order valence-corrected chi connectivity index (χ4v) is 2.77. The zero-order valence-electron chi connectivity index (χ0n) is 12.0. The van der Waals surface area contributed by atoms with E-state index >= 15 is 0 Å². The van der Waals surface area contributed by atoms with E-state index in [2.05, 4.69) is 24.2 Å². The molecule has 2 atom stereocenters. The molecule has 110 valence electrons. The predicted molar refractivity (Wildman–Crippen MR) is 79.1 cm³/mol. The van der Waals surface area contributed by atoms with Crippen LogP contribution in [0.25, 0.3) is 0 Å². The maximum absolute atomic E-state index is 11.0. The Labute approximate surface area is 119 Å². The molecule has 1 saturated heterocycles. The van der Waals surface area contributed by atoms with Crippen LogP contribution in [-0.2, 0) is 6.54 Å². The van der Waals surface area contributed by atoms with Gasteiger partial charge in [-0.05, 0) is 30.4 Å². The molecule has 0 bridgehead atoms. The number of nitrogens with zero attached hydrogens (tertiary/aromatic N) is 2. The van der Waals surface area contributed by atoms with Crippen molar-refractivity contribution in [1.29, 1.82) is 0 Å². The number of piperidine rings is 1. The first-order valence-electron chi connectivity index (χ1n) is 6.98. The Balaban J connectivity index is 2.17. The third-order valence-electron chi connectivity index (χ3n) is 4.28. The van der Waals surface area contributed by atoms with Gasteiger partial charge in [0.25, 0.3) is 5.69 Å². The van der Waals surface area contributed by atoms with Gasteiger partial charge in [0.2, 0.25) is 0 Å². The number of rotatable bonds is 4. The number of likely N-dealkylation sites (tertiary alicyclic amines) is 1. The smallest absolute Gasteiger partial charge is 0.293 e. The first-order chi connectivity index (χ1) is 9.52. The molecule has 0 amide bonds. The molecular weight excluding hydrogens is 256 g/mol. The predicted octanol–water partition coefficient (Wildman–Crippen LogP) is 2.36. The van der Waals surface area contributed by atoms with Crippen LogP contribution < -0.4 is 11.3 Å². The van der Waals surface area contributed by atoms with E-state index in [9.17, 15) is 10.1 Å². The van der Waals surface area contributed by atoms with Crippen molar-refractivity contribution in [3.63, 3.8) is 0 Å². The van der Waals surface area contributed by atoms with E-state index in [-0.39, 0.29) is 5.69 Å². The second kappa shape index (κ2) is 6.19. The molecule has 1 aromatic rings. The molecule has 6 heteroatoms. The first kappa shape index (κ1) is 14.7. The van der Waals surface area contributed by atoms with Gasteiger partial charge in [-0.3, -0.25) is 20.9 Å². The monoisotopic (exact) mass is 278 g/mol. The number of hydrogen-bond acceptors (Lipinski definition) is 5. The summed E-state index contributed by atoms with van der Waals surface area (Å²) in [6, 6.07) is 5.08. The van der Waals surface area contributed by atoms with Gasteiger partial charge in [-0.25, -0.2) is 0 Å². The van der Waals surface area contributed by atoms with Crippen LogP contribution in [0.4, 0.5) is 11.4 Å². The number of para-hydroxylation sites is 1. The summed E-state index contributed by atoms with van der Waals surface area (Å²) in [6.07, 6.45) is 1.17. The molecule has 1 aromatic carbocycles. The summed E-state index contributed by atoms with van der Waals surface area (Å²) in [5.74, 6) is 6.86. The summed E-state index contributed by atoms with van der Waals surface area (Å²) in [5, 5.41) is 11.0. The minimum Gasteiger partial charge on any atom is -0.318 e. The Bertz CT molecular complexity index is 492. The van der Waals surface area contributed by atoms with E-state index in [1.807, 2.05) is 6.07 Å². The van der Waals surface area contributed by atoms with Crippen LogP contribution in [0.3, 0.4) is 0 Å². The van der Waals surface area contributed by atoms with Crippen molar-refractivity contribution in [3.8, 4) is 0 Å². The van der Waals surface area contributed by atoms with E-state index < -0.39 is 4.92 Å². The van der Waals surface area contributed by atoms with Crippen LogP contribution >= 0.6 is 0 Å². The van der Waals surface area contributed by atoms with E-state index in [0.717, 1.165) is 24.6 Å². The average molecular weight is 278 g/mol. The van der Waals surface area contributed by atoms with Crippen molar-refractivity contribution in [2.45, 2.75) is 26.8 Å². The van der Waals surface area contributed by atoms with Crippen molar-refractivity contribution in [3.05, 3.63) is 33.9 Å². The molecule has 2 rings (SSSR count). The minimum absolute atomic E-state index is 0.0309. The summed E-state index contributed by atoms with van der Waals surface area (Å²) in [7, 11) is 0. The van der Waals surface area contributed by atoms with Crippen LogP contribution in [0.15, 0.2) is 18.2 Å². The van der Waals surface area contributed by atoms with Gasteiger partial charge >= 0.3 is 0 Å². The molecule has 20 heavy (non-hydrogen) atoms. The van der Waals surface area contributed by atoms with Crippen LogP contribution in [0.5, 0.6) is 0 Å². The maximum atomic E-state index is 11.0. The van der Waals surface area contributed by atoms with Gasteiger partial charge < -0.3 is 5.43 Å². The molecule has 1 aliphatic rings. The van der Waals surface area contributed by atoms with E-state index in [0.29, 0.717) is 18.2 Å². The number of nitro groups is 1. The van der Waals surface area contributed by atoms with Crippen LogP contribution in [0, 0.1) is 22.0 Å². The lowest BCUT2D eigenvalue weighted by Crippen LogP contribution is -2.38. The molecule has 1 heterocycles. The zero-order chi connectivity index (χ0) is 14.7. The van der Waals surface area contributed by atoms with E-state index in [1.165, 1.54) is 12.5 Å². The lowest BCUT2D eigenvalue weighted by Gasteiger charge is -2.35. The van der Waals surface area contributed by atoms with Crippen molar-refractivity contribution in [2.75, 3.05) is 18.5 Å². The van der Waals surface area contributed by atoms with Crippen molar-refractivity contribution in [2.24, 2.45) is 17.7 Å². The standard InChI is InChI=1S/C14H22N4O2/c1-10-6-7-17(8-11(10)2)9-12-4-3-5-13(18(19)20)14(12)16-15/h3-5,10-11,16H,6-9,15H2,1-2H3. The first-order valence-corrected chi connectivity index (χ1v) is 6.98. The van der Waals surface area contributed by atoms with Crippen LogP contribution in [-0.4, -0.2) is 22.9 Å². The molecule has 0 spiro atoms. The van der Waals surface area contributed by atoms with E-state index in [4.69, 9.17) is 5.84 Å². The zero-order valence-corrected chi connectivity index (χ0v) is 12.0. The Hall–Kier alpha value is -1.66. The SMILES string of the molecule is CC1CCN(Cc2cccc([N+](=O)[O-])c2NN)CC1C. The number of hydrogen-bond donors (Lipinski definition) is 2. The van der Waals surface area contributed by atoms with Crippen molar-refractivity contribution < 1.29 is 4.92 Å². The molecule has 0 radical (unpaired) electrons. The van der Waals surface area contributed by atoms with Crippen molar-refractivity contribution >= 4 is 11.4 Å². The Morgan fingerprint density at radius 3 is 2.80 bits per heavy atom. The molecule has 1 aliphatic heterocycles. The van der Waals surface area contributed by atoms with Gasteiger partial charge in [0, 0.05) is 19.2 Å². The highest BCUT2D eigenvalue weighted by atomic mass is 16.6. The molecule has 1 fully saturated rings. The number of nitrogens with two attached hydrogens (primary N) is 1. The largest absolute Gasteiger partial charge is 0.318 e. The van der Waals surface area contributed by atoms with Gasteiger partial charge in [-0.2, -0.15) is 0 Å². The third-order valence-corrected chi connectivity index (χ3v) is 4.28. The topological polar surface area (TPSA) is 84.4 Å². The number of hydrazine groups is 1. The minimum atomic E-state index is -0.403. The van der Waals surface area contributed by atoms with Crippen LogP contribution in [0.1, 0.15) is 25.8 Å². The van der Waals surface area contributed by atoms with Gasteiger partial charge in [-0.1, -0.05) is 26.0 Å². The fourth-order valence-electron chi connectivity index (χ4n) is 2.77. The normalized spacial score (nSPS) is 23.6. The van der Waals surface area contributed by atoms with Gasteiger partial charge in [0.1, 0.15) is 5.69 Å². The molecule has 0 saturated carbocycles. The summed E-state index contributed by atoms with van der Waals surface area (Å²) in [4.78, 5) is 13.0. The number of nitrogen functional groups attached to an aromatic ring is 1. The molecule has 2 unspecified atom stereocenters. The quantitative estimate of drug-likeness (QED) is 0.502. The van der Waals surface area contributed by atoms with E-state index in [1.54, 1.807) is 6.07 Å². The Kier molecular flexibility index (Phi) is 4.57. The lowest BCUT2D eigenvalue weighted by atomic mass is 9.88. The average Bonchev–Trinajstić information content (AvgIpc) is 2.42. The maximum Gasteiger partial charge on any atom is 0.293 e. The molecular formula is C14H22N4O2. The number of nitro benzene ring substituents is 1. The summed E-state index contributed by atoms with van der Waals surface area (Å²) in [5.41, 5.74) is 3.82. The van der Waals surface area contributed by atoms with Gasteiger partial charge in [0.15, 0.2) is 0 Å². The third kappa shape index (κ3) is 3.08. The van der Waals surface area contributed by atoms with Gasteiger partial charge in [-0.15, -0.1) is 0 Å². The van der Waals surface area contributed by atoms with Gasteiger partial charge in [0.05, 0.1) is 4.92 Å². The summed E-state index contributed by atoms with van der Waals surface area (Å²) in [6.45, 7) is 7.28. The summed E-state index contributed by atoms with van der Waals surface area (Å²) >= 11 is 0. The second-order valence-electron chi connectivity index (χ2n) is 5.69. The highest BCUT2D eigenvalue weighted by Crippen LogP contribution is 2.30. The van der Waals surface area contributed by atoms with Crippen molar-refractivity contribution in [1.82, 2.24) is 4.90 Å². The lowest BCUT2D eigenvalue weighted by molar-refractivity contribution is -0.384. The second-order valence-corrected chi connectivity index (χ2v) is 5.69. The highest BCUT2D eigenvalue weighted by Gasteiger charge is 2.24. The molecule has 0 aromatic heterocycles. The Morgan fingerprint density at radius 1 is 1.45 bits per heavy atom.